The van der Waals surface area contributed by atoms with E-state index >= 15 is 0 Å². The molecule has 0 radical (unpaired) electrons. The minimum absolute atomic E-state index is 0.632. The van der Waals surface area contributed by atoms with Crippen LogP contribution in [0.15, 0.2) is 12.4 Å². The van der Waals surface area contributed by atoms with Gasteiger partial charge in [0.1, 0.15) is 0 Å². The van der Waals surface area contributed by atoms with E-state index in [0.29, 0.717) is 5.65 Å². The van der Waals surface area contributed by atoms with Crippen molar-refractivity contribution in [2.45, 2.75) is 20.8 Å². The summed E-state index contributed by atoms with van der Waals surface area (Å²) in [4.78, 5) is 17.9. The molecule has 0 saturated heterocycles. The molecule has 6 nitrogen and oxygen atoms in total. The second-order valence-corrected chi connectivity index (χ2v) is 4.15. The van der Waals surface area contributed by atoms with Gasteiger partial charge in [0.05, 0.1) is 11.4 Å². The molecule has 0 bridgehead atoms. The average molecular weight is 242 g/mol. The summed E-state index contributed by atoms with van der Waals surface area (Å²) in [7, 11) is 0. The van der Waals surface area contributed by atoms with E-state index in [1.54, 1.807) is 6.20 Å². The number of nitrogens with zero attached hydrogens (tertiary/aromatic N) is 5. The van der Waals surface area contributed by atoms with Crippen LogP contribution in [0, 0.1) is 13.8 Å². The van der Waals surface area contributed by atoms with Crippen molar-refractivity contribution in [3.63, 3.8) is 0 Å². The van der Waals surface area contributed by atoms with E-state index in [1.165, 1.54) is 0 Å². The smallest absolute Gasteiger partial charge is 0.210 e. The van der Waals surface area contributed by atoms with Gasteiger partial charge in [0.25, 0.3) is 0 Å². The maximum Gasteiger partial charge on any atom is 0.210 e. The first-order chi connectivity index (χ1) is 8.70. The zero-order valence-electron chi connectivity index (χ0n) is 10.6. The Morgan fingerprint density at radius 2 is 1.94 bits per heavy atom. The van der Waals surface area contributed by atoms with Crippen molar-refractivity contribution in [1.29, 1.82) is 0 Å². The van der Waals surface area contributed by atoms with Gasteiger partial charge in [-0.25, -0.2) is 15.0 Å². The van der Waals surface area contributed by atoms with Crippen molar-refractivity contribution >= 4 is 22.8 Å². The number of hydrogen-bond acceptors (Lipinski definition) is 5. The maximum atomic E-state index is 4.54. The molecule has 3 heterocycles. The summed E-state index contributed by atoms with van der Waals surface area (Å²) in [5.74, 6) is 0.745. The van der Waals surface area contributed by atoms with Crippen molar-refractivity contribution in [2.24, 2.45) is 0 Å². The molecule has 92 valence electrons. The number of nitrogens with one attached hydrogen (secondary N) is 1. The van der Waals surface area contributed by atoms with Gasteiger partial charge in [-0.1, -0.05) is 0 Å². The van der Waals surface area contributed by atoms with Gasteiger partial charge in [-0.15, -0.1) is 0 Å². The van der Waals surface area contributed by atoms with Crippen LogP contribution < -0.4 is 5.32 Å². The van der Waals surface area contributed by atoms with E-state index in [0.717, 1.165) is 35.0 Å². The van der Waals surface area contributed by atoms with Crippen LogP contribution in [0.2, 0.25) is 0 Å². The van der Waals surface area contributed by atoms with E-state index in [4.69, 9.17) is 0 Å². The van der Waals surface area contributed by atoms with Crippen LogP contribution >= 0.6 is 0 Å². The number of anilines is 1. The molecule has 3 rings (SSSR count). The van der Waals surface area contributed by atoms with Crippen molar-refractivity contribution in [2.75, 3.05) is 11.9 Å². The number of aromatic nitrogens is 5. The Morgan fingerprint density at radius 1 is 1.17 bits per heavy atom. The quantitative estimate of drug-likeness (QED) is 0.741. The third-order valence-corrected chi connectivity index (χ3v) is 2.92. The zero-order valence-corrected chi connectivity index (χ0v) is 10.6. The van der Waals surface area contributed by atoms with Crippen LogP contribution in [0.3, 0.4) is 0 Å². The van der Waals surface area contributed by atoms with E-state index < -0.39 is 0 Å². The minimum Gasteiger partial charge on any atom is -0.356 e. The molecule has 0 aromatic carbocycles. The minimum atomic E-state index is 0.632. The highest BCUT2D eigenvalue weighted by molar-refractivity contribution is 5.86. The fourth-order valence-corrected chi connectivity index (χ4v) is 1.91. The zero-order chi connectivity index (χ0) is 12.7. The van der Waals surface area contributed by atoms with Crippen LogP contribution in [0.1, 0.15) is 18.3 Å². The monoisotopic (exact) mass is 242 g/mol. The summed E-state index contributed by atoms with van der Waals surface area (Å²) in [5, 5.41) is 3.21. The van der Waals surface area contributed by atoms with Gasteiger partial charge in [-0.3, -0.25) is 4.40 Å². The molecule has 3 aromatic rings. The van der Waals surface area contributed by atoms with Gasteiger partial charge in [0, 0.05) is 18.9 Å². The fourth-order valence-electron chi connectivity index (χ4n) is 1.91. The highest BCUT2D eigenvalue weighted by Crippen LogP contribution is 2.18. The average Bonchev–Trinajstić information content (AvgIpc) is 2.82. The Kier molecular flexibility index (Phi) is 2.36. The van der Waals surface area contributed by atoms with Gasteiger partial charge in [-0.05, 0) is 20.8 Å². The number of aryl methyl sites for hydroxylation is 2. The molecular weight excluding hydrogens is 228 g/mol. The molecule has 0 saturated carbocycles. The molecule has 0 amide bonds. The lowest BCUT2D eigenvalue weighted by molar-refractivity contribution is 1.02. The van der Waals surface area contributed by atoms with E-state index in [2.05, 4.69) is 25.3 Å². The molecular formula is C12H14N6. The molecule has 18 heavy (non-hydrogen) atoms. The summed E-state index contributed by atoms with van der Waals surface area (Å²) in [6, 6.07) is 0. The van der Waals surface area contributed by atoms with E-state index in [9.17, 15) is 0 Å². The molecule has 0 spiro atoms. The van der Waals surface area contributed by atoms with Crippen molar-refractivity contribution in [3.05, 3.63) is 23.8 Å². The van der Waals surface area contributed by atoms with Crippen LogP contribution in [0.25, 0.3) is 16.8 Å². The molecule has 0 unspecified atom stereocenters. The molecule has 3 aromatic heterocycles. The highest BCUT2D eigenvalue weighted by atomic mass is 15.2. The molecule has 0 aliphatic rings. The summed E-state index contributed by atoms with van der Waals surface area (Å²) < 4.78 is 1.90. The molecule has 0 atom stereocenters. The topological polar surface area (TPSA) is 68.0 Å². The Hall–Kier alpha value is -2.24. The maximum absolute atomic E-state index is 4.54. The van der Waals surface area contributed by atoms with Gasteiger partial charge in [-0.2, -0.15) is 4.98 Å². The lowest BCUT2D eigenvalue weighted by Gasteiger charge is -2.08. The van der Waals surface area contributed by atoms with Gasteiger partial charge in [0.2, 0.25) is 5.95 Å². The second kappa shape index (κ2) is 3.90. The third kappa shape index (κ3) is 1.49. The molecule has 6 heteroatoms. The largest absolute Gasteiger partial charge is 0.356 e. The number of rotatable bonds is 2. The highest BCUT2D eigenvalue weighted by Gasteiger charge is 2.12. The van der Waals surface area contributed by atoms with Crippen molar-refractivity contribution in [3.8, 4) is 0 Å². The standard InChI is InChI=1S/C12H14N6/c1-4-13-12-17-10-9(11-14-5-6-18(11)12)15-7(2)8(3)16-10/h5-6H,4H2,1-3H3,(H,13,16,17). The SMILES string of the molecule is CCNc1nc2nc(C)c(C)nc2c2nccn12. The second-order valence-electron chi connectivity index (χ2n) is 4.15. The van der Waals surface area contributed by atoms with Crippen LogP contribution in [-0.2, 0) is 0 Å². The fraction of sp³-hybridized carbons (Fsp3) is 0.333. The number of hydrogen-bond donors (Lipinski definition) is 1. The van der Waals surface area contributed by atoms with Gasteiger partial charge < -0.3 is 5.32 Å². The predicted octanol–water partition coefficient (Wildman–Crippen LogP) is 1.72. The lowest BCUT2D eigenvalue weighted by atomic mass is 10.3. The Morgan fingerprint density at radius 3 is 2.72 bits per heavy atom. The van der Waals surface area contributed by atoms with Crippen LogP contribution in [0.4, 0.5) is 5.95 Å². The number of fused-ring (bicyclic) bond motifs is 3. The van der Waals surface area contributed by atoms with Crippen molar-refractivity contribution < 1.29 is 0 Å². The van der Waals surface area contributed by atoms with Gasteiger partial charge in [0.15, 0.2) is 16.8 Å². The van der Waals surface area contributed by atoms with E-state index in [-0.39, 0.29) is 0 Å². The summed E-state index contributed by atoms with van der Waals surface area (Å²) in [5.41, 5.74) is 3.96. The van der Waals surface area contributed by atoms with Crippen LogP contribution in [-0.4, -0.2) is 30.9 Å². The molecule has 0 aliphatic carbocycles. The Bertz CT molecular complexity index is 730. The van der Waals surface area contributed by atoms with Crippen LogP contribution in [0.5, 0.6) is 0 Å². The molecule has 0 fully saturated rings. The predicted molar refractivity (Wildman–Crippen MR) is 69.7 cm³/mol. The number of imidazole rings is 1. The lowest BCUT2D eigenvalue weighted by Crippen LogP contribution is -2.07. The first kappa shape index (κ1) is 10.9. The summed E-state index contributed by atoms with van der Waals surface area (Å²) >= 11 is 0. The van der Waals surface area contributed by atoms with Gasteiger partial charge >= 0.3 is 0 Å². The summed E-state index contributed by atoms with van der Waals surface area (Å²) in [6.45, 7) is 6.70. The molecule has 0 aliphatic heterocycles. The Labute approximate surface area is 104 Å². The normalized spacial score (nSPS) is 11.3. The summed E-state index contributed by atoms with van der Waals surface area (Å²) in [6.07, 6.45) is 3.62. The first-order valence-electron chi connectivity index (χ1n) is 5.92. The van der Waals surface area contributed by atoms with Crippen molar-refractivity contribution in [1.82, 2.24) is 24.3 Å². The van der Waals surface area contributed by atoms with E-state index in [1.807, 2.05) is 31.4 Å². The first-order valence-corrected chi connectivity index (χ1v) is 5.92. The molecule has 1 N–H and O–H groups in total. The third-order valence-electron chi connectivity index (χ3n) is 2.92. The Balaban J connectivity index is 2.43.